The Morgan fingerprint density at radius 2 is 2.07 bits per heavy atom. The average molecular weight is 411 g/mol. The van der Waals surface area contributed by atoms with Crippen LogP contribution in [0, 0.1) is 14.3 Å². The molecule has 2 aromatic heterocycles. The normalized spacial score (nSPS) is 10.5. The van der Waals surface area contributed by atoms with Gasteiger partial charge in [-0.25, -0.2) is 9.97 Å². The molecule has 0 unspecified atom stereocenters. The highest BCUT2D eigenvalue weighted by Gasteiger charge is 2.07. The van der Waals surface area contributed by atoms with Crippen molar-refractivity contribution in [2.75, 3.05) is 0 Å². The zero-order valence-electron chi connectivity index (χ0n) is 7.41. The topological polar surface area (TPSA) is 30.7 Å². The number of hydrogen-bond donors (Lipinski definition) is 0. The van der Waals surface area contributed by atoms with Crippen molar-refractivity contribution >= 4 is 45.2 Å². The fourth-order valence-electron chi connectivity index (χ4n) is 1.13. The Hall–Kier alpha value is -0.180. The summed E-state index contributed by atoms with van der Waals surface area (Å²) in [7, 11) is 0. The van der Waals surface area contributed by atoms with Gasteiger partial charge in [-0.1, -0.05) is 6.07 Å². The Labute approximate surface area is 109 Å². The number of pyridine rings is 1. The SMILES string of the molecule is Cc1cccc(-n2cnc(I)c2I)n1. The molecule has 0 saturated carbocycles. The summed E-state index contributed by atoms with van der Waals surface area (Å²) in [6, 6.07) is 5.96. The van der Waals surface area contributed by atoms with Gasteiger partial charge in [0.25, 0.3) is 0 Å². The van der Waals surface area contributed by atoms with Crippen LogP contribution in [0.5, 0.6) is 0 Å². The van der Waals surface area contributed by atoms with Gasteiger partial charge in [0, 0.05) is 5.69 Å². The molecule has 3 nitrogen and oxygen atoms in total. The number of aryl methyl sites for hydroxylation is 1. The lowest BCUT2D eigenvalue weighted by molar-refractivity contribution is 0.954. The van der Waals surface area contributed by atoms with Crippen LogP contribution in [-0.4, -0.2) is 14.5 Å². The summed E-state index contributed by atoms with van der Waals surface area (Å²) in [6.07, 6.45) is 1.80. The van der Waals surface area contributed by atoms with Crippen molar-refractivity contribution in [2.24, 2.45) is 0 Å². The predicted molar refractivity (Wildman–Crippen MR) is 71.5 cm³/mol. The number of hydrogen-bond acceptors (Lipinski definition) is 2. The Kier molecular flexibility index (Phi) is 3.05. The molecule has 0 fully saturated rings. The van der Waals surface area contributed by atoms with Crippen LogP contribution < -0.4 is 0 Å². The van der Waals surface area contributed by atoms with Crippen LogP contribution in [0.1, 0.15) is 5.69 Å². The fraction of sp³-hybridized carbons (Fsp3) is 0.111. The van der Waals surface area contributed by atoms with Gasteiger partial charge in [-0.3, -0.25) is 4.57 Å². The summed E-state index contributed by atoms with van der Waals surface area (Å²) >= 11 is 4.48. The molecule has 0 amide bonds. The Balaban J connectivity index is 2.55. The molecule has 0 aliphatic heterocycles. The number of halogens is 2. The van der Waals surface area contributed by atoms with Gasteiger partial charge in [0.15, 0.2) is 0 Å². The summed E-state index contributed by atoms with van der Waals surface area (Å²) in [5, 5.41) is 0. The quantitative estimate of drug-likeness (QED) is 0.677. The molecule has 72 valence electrons. The number of rotatable bonds is 1. The van der Waals surface area contributed by atoms with Crippen molar-refractivity contribution < 1.29 is 0 Å². The second-order valence-electron chi connectivity index (χ2n) is 2.83. The van der Waals surface area contributed by atoms with E-state index < -0.39 is 0 Å². The fourth-order valence-corrected chi connectivity index (χ4v) is 2.03. The molecule has 0 aliphatic rings. The van der Waals surface area contributed by atoms with Gasteiger partial charge in [-0.05, 0) is 64.2 Å². The lowest BCUT2D eigenvalue weighted by atomic mass is 10.4. The largest absolute Gasteiger partial charge is 0.277 e. The van der Waals surface area contributed by atoms with E-state index in [2.05, 4.69) is 55.1 Å². The molecule has 2 heterocycles. The molecule has 5 heteroatoms. The van der Waals surface area contributed by atoms with Crippen molar-refractivity contribution in [2.45, 2.75) is 6.92 Å². The summed E-state index contributed by atoms with van der Waals surface area (Å²) < 4.78 is 4.09. The monoisotopic (exact) mass is 411 g/mol. The minimum absolute atomic E-state index is 0.921. The highest BCUT2D eigenvalue weighted by molar-refractivity contribution is 14.1. The van der Waals surface area contributed by atoms with Gasteiger partial charge in [-0.15, -0.1) is 0 Å². The van der Waals surface area contributed by atoms with Crippen molar-refractivity contribution in [1.29, 1.82) is 0 Å². The maximum atomic E-state index is 4.43. The third-order valence-corrected chi connectivity index (χ3v) is 4.64. The summed E-state index contributed by atoms with van der Waals surface area (Å²) in [4.78, 5) is 8.66. The number of imidazole rings is 1. The van der Waals surface area contributed by atoms with E-state index in [1.54, 1.807) is 6.33 Å². The standard InChI is InChI=1S/C9H7I2N3/c1-6-3-2-4-7(13-6)14-5-12-8(10)9(14)11/h2-5H,1H3. The minimum atomic E-state index is 0.921. The molecule has 0 N–H and O–H groups in total. The molecule has 0 spiro atoms. The lowest BCUT2D eigenvalue weighted by Crippen LogP contribution is -1.99. The first-order valence-electron chi connectivity index (χ1n) is 4.01. The third kappa shape index (κ3) is 1.92. The zero-order valence-corrected chi connectivity index (χ0v) is 11.7. The van der Waals surface area contributed by atoms with Crippen LogP contribution in [-0.2, 0) is 0 Å². The van der Waals surface area contributed by atoms with Crippen molar-refractivity contribution in [3.05, 3.63) is 37.6 Å². The third-order valence-electron chi connectivity index (χ3n) is 1.79. The highest BCUT2D eigenvalue weighted by Crippen LogP contribution is 2.16. The summed E-state index contributed by atoms with van der Waals surface area (Å²) in [6.45, 7) is 1.98. The molecule has 0 saturated heterocycles. The molecule has 0 radical (unpaired) electrons. The van der Waals surface area contributed by atoms with Gasteiger partial charge >= 0.3 is 0 Å². The maximum Gasteiger partial charge on any atom is 0.138 e. The maximum absolute atomic E-state index is 4.43. The summed E-state index contributed by atoms with van der Waals surface area (Å²) in [5.41, 5.74) is 1.02. The van der Waals surface area contributed by atoms with Gasteiger partial charge < -0.3 is 0 Å². The molecule has 2 aromatic rings. The van der Waals surface area contributed by atoms with Crippen LogP contribution in [0.25, 0.3) is 5.82 Å². The second kappa shape index (κ2) is 4.13. The number of aromatic nitrogens is 3. The van der Waals surface area contributed by atoms with E-state index in [9.17, 15) is 0 Å². The second-order valence-corrected chi connectivity index (χ2v) is 4.88. The van der Waals surface area contributed by atoms with Crippen LogP contribution in [0.2, 0.25) is 0 Å². The van der Waals surface area contributed by atoms with Gasteiger partial charge in [0.05, 0.1) is 0 Å². The average Bonchev–Trinajstić information content (AvgIpc) is 2.48. The summed E-state index contributed by atoms with van der Waals surface area (Å²) in [5.74, 6) is 0.921. The van der Waals surface area contributed by atoms with E-state index in [0.29, 0.717) is 0 Å². The van der Waals surface area contributed by atoms with E-state index in [1.807, 2.05) is 29.7 Å². The van der Waals surface area contributed by atoms with Crippen molar-refractivity contribution in [3.63, 3.8) is 0 Å². The van der Waals surface area contributed by atoms with Gasteiger partial charge in [-0.2, -0.15) is 0 Å². The first kappa shape index (κ1) is 10.3. The molecule has 0 bridgehead atoms. The highest BCUT2D eigenvalue weighted by atomic mass is 127. The van der Waals surface area contributed by atoms with Crippen LogP contribution in [0.15, 0.2) is 24.5 Å². The molecule has 0 atom stereocenters. The molecular formula is C9H7I2N3. The minimum Gasteiger partial charge on any atom is -0.277 e. The number of nitrogens with zero attached hydrogens (tertiary/aromatic N) is 3. The first-order chi connectivity index (χ1) is 6.68. The van der Waals surface area contributed by atoms with E-state index >= 15 is 0 Å². The van der Waals surface area contributed by atoms with Crippen LogP contribution in [0.3, 0.4) is 0 Å². The first-order valence-corrected chi connectivity index (χ1v) is 6.16. The van der Waals surface area contributed by atoms with E-state index in [0.717, 1.165) is 18.9 Å². The Bertz CT molecular complexity index is 465. The van der Waals surface area contributed by atoms with E-state index in [1.165, 1.54) is 0 Å². The molecule has 2 rings (SSSR count). The molecule has 0 aliphatic carbocycles. The predicted octanol–water partition coefficient (Wildman–Crippen LogP) is 2.78. The van der Waals surface area contributed by atoms with E-state index in [4.69, 9.17) is 0 Å². The lowest BCUT2D eigenvalue weighted by Gasteiger charge is -2.03. The Morgan fingerprint density at radius 1 is 1.29 bits per heavy atom. The van der Waals surface area contributed by atoms with Gasteiger partial charge in [0.2, 0.25) is 0 Å². The molecule has 14 heavy (non-hydrogen) atoms. The zero-order chi connectivity index (χ0) is 10.1. The van der Waals surface area contributed by atoms with Crippen molar-refractivity contribution in [3.8, 4) is 5.82 Å². The molecule has 0 aromatic carbocycles. The van der Waals surface area contributed by atoms with Crippen LogP contribution in [0.4, 0.5) is 0 Å². The van der Waals surface area contributed by atoms with Gasteiger partial charge in [0.1, 0.15) is 19.5 Å². The molecular weight excluding hydrogens is 404 g/mol. The van der Waals surface area contributed by atoms with Crippen molar-refractivity contribution in [1.82, 2.24) is 14.5 Å². The smallest absolute Gasteiger partial charge is 0.138 e. The Morgan fingerprint density at radius 3 is 2.64 bits per heavy atom. The van der Waals surface area contributed by atoms with Crippen LogP contribution >= 0.6 is 45.2 Å². The van der Waals surface area contributed by atoms with E-state index in [-0.39, 0.29) is 0 Å².